The van der Waals surface area contributed by atoms with Gasteiger partial charge >= 0.3 is 6.09 Å². The first-order valence-corrected chi connectivity index (χ1v) is 7.52. The maximum atomic E-state index is 12.3. The van der Waals surface area contributed by atoms with Gasteiger partial charge in [-0.1, -0.05) is 0 Å². The molecule has 0 bridgehead atoms. The lowest BCUT2D eigenvalue weighted by Gasteiger charge is -2.25. The average Bonchev–Trinajstić information content (AvgIpc) is 2.48. The Morgan fingerprint density at radius 2 is 1.75 bits per heavy atom. The van der Waals surface area contributed by atoms with Crippen LogP contribution in [0.3, 0.4) is 0 Å². The minimum Gasteiger partial charge on any atom is -0.443 e. The summed E-state index contributed by atoms with van der Waals surface area (Å²) in [7, 11) is 0. The summed E-state index contributed by atoms with van der Waals surface area (Å²) in [4.78, 5) is 26.6. The SMILES string of the molecule is CC(C)(C)OC(=O)N(/C=C(/C#N)C(=O)N(CCO)CCO)CCN. The lowest BCUT2D eigenvalue weighted by Crippen LogP contribution is -2.39. The van der Waals surface area contributed by atoms with Gasteiger partial charge in [0.2, 0.25) is 0 Å². The number of carbonyl (C=O) groups is 2. The van der Waals surface area contributed by atoms with Crippen molar-refractivity contribution >= 4 is 12.0 Å². The Labute approximate surface area is 141 Å². The third-order valence-electron chi connectivity index (χ3n) is 2.66. The van der Waals surface area contributed by atoms with E-state index in [0.29, 0.717) is 0 Å². The van der Waals surface area contributed by atoms with Crippen LogP contribution >= 0.6 is 0 Å². The van der Waals surface area contributed by atoms with E-state index < -0.39 is 17.6 Å². The molecule has 0 atom stereocenters. The van der Waals surface area contributed by atoms with Gasteiger partial charge in [-0.3, -0.25) is 9.69 Å². The third kappa shape index (κ3) is 7.92. The van der Waals surface area contributed by atoms with Crippen LogP contribution in [-0.2, 0) is 9.53 Å². The molecule has 0 aliphatic carbocycles. The molecule has 136 valence electrons. The van der Waals surface area contributed by atoms with Crippen LogP contribution in [0.5, 0.6) is 0 Å². The summed E-state index contributed by atoms with van der Waals surface area (Å²) >= 11 is 0. The smallest absolute Gasteiger partial charge is 0.414 e. The van der Waals surface area contributed by atoms with Gasteiger partial charge in [0, 0.05) is 32.4 Å². The molecule has 0 aromatic rings. The highest BCUT2D eigenvalue weighted by molar-refractivity contribution is 5.97. The van der Waals surface area contributed by atoms with E-state index in [-0.39, 0.29) is 45.0 Å². The largest absolute Gasteiger partial charge is 0.443 e. The number of carbonyl (C=O) groups excluding carboxylic acids is 2. The summed E-state index contributed by atoms with van der Waals surface area (Å²) in [6.45, 7) is 4.53. The number of amides is 2. The van der Waals surface area contributed by atoms with E-state index in [9.17, 15) is 14.9 Å². The van der Waals surface area contributed by atoms with Crippen molar-refractivity contribution in [3.05, 3.63) is 11.8 Å². The van der Waals surface area contributed by atoms with Crippen molar-refractivity contribution in [3.63, 3.8) is 0 Å². The molecule has 0 fully saturated rings. The van der Waals surface area contributed by atoms with Crippen LogP contribution in [-0.4, -0.2) is 77.0 Å². The highest BCUT2D eigenvalue weighted by Gasteiger charge is 2.24. The predicted molar refractivity (Wildman–Crippen MR) is 86.4 cm³/mol. The molecule has 0 rings (SSSR count). The maximum Gasteiger partial charge on any atom is 0.414 e. The van der Waals surface area contributed by atoms with Crippen LogP contribution in [0.4, 0.5) is 4.79 Å². The highest BCUT2D eigenvalue weighted by atomic mass is 16.6. The number of rotatable bonds is 8. The number of hydrogen-bond donors (Lipinski definition) is 3. The van der Waals surface area contributed by atoms with E-state index in [2.05, 4.69) is 0 Å². The zero-order chi connectivity index (χ0) is 18.8. The standard InChI is InChI=1S/C15H26N4O5/c1-15(2,3)24-14(23)19(5-4-16)11-12(10-17)13(22)18(6-8-20)7-9-21/h11,20-21H,4-9,16H2,1-3H3/b12-11-. The Bertz CT molecular complexity index is 487. The third-order valence-corrected chi connectivity index (χ3v) is 2.66. The number of nitrogens with two attached hydrogens (primary N) is 1. The molecule has 0 radical (unpaired) electrons. The molecule has 0 saturated carbocycles. The van der Waals surface area contributed by atoms with E-state index >= 15 is 0 Å². The van der Waals surface area contributed by atoms with Crippen molar-refractivity contribution in [3.8, 4) is 6.07 Å². The fourth-order valence-corrected chi connectivity index (χ4v) is 1.68. The minimum absolute atomic E-state index is 0.0399. The molecule has 0 aromatic heterocycles. The lowest BCUT2D eigenvalue weighted by atomic mass is 10.2. The zero-order valence-corrected chi connectivity index (χ0v) is 14.4. The van der Waals surface area contributed by atoms with Gasteiger partial charge in [0.05, 0.1) is 13.2 Å². The van der Waals surface area contributed by atoms with Gasteiger partial charge < -0.3 is 25.6 Å². The predicted octanol–water partition coefficient (Wildman–Crippen LogP) is -0.597. The molecule has 0 spiro atoms. The van der Waals surface area contributed by atoms with Crippen molar-refractivity contribution in [2.45, 2.75) is 26.4 Å². The molecule has 0 aromatic carbocycles. The second kappa shape index (κ2) is 10.6. The first-order valence-electron chi connectivity index (χ1n) is 7.52. The van der Waals surface area contributed by atoms with Gasteiger partial charge in [-0.2, -0.15) is 5.26 Å². The van der Waals surface area contributed by atoms with E-state index in [1.54, 1.807) is 26.8 Å². The van der Waals surface area contributed by atoms with E-state index in [0.717, 1.165) is 16.0 Å². The fraction of sp³-hybridized carbons (Fsp3) is 0.667. The molecular formula is C15H26N4O5. The molecule has 0 unspecified atom stereocenters. The van der Waals surface area contributed by atoms with Crippen molar-refractivity contribution in [2.24, 2.45) is 5.73 Å². The van der Waals surface area contributed by atoms with Crippen LogP contribution in [0.1, 0.15) is 20.8 Å². The maximum absolute atomic E-state index is 12.3. The Kier molecular flexibility index (Phi) is 9.64. The van der Waals surface area contributed by atoms with Gasteiger partial charge in [0.25, 0.3) is 5.91 Å². The normalized spacial score (nSPS) is 11.6. The van der Waals surface area contributed by atoms with Crippen LogP contribution in [0.2, 0.25) is 0 Å². The summed E-state index contributed by atoms with van der Waals surface area (Å²) in [6.07, 6.45) is 0.342. The van der Waals surface area contributed by atoms with Crippen molar-refractivity contribution in [2.75, 3.05) is 39.4 Å². The molecule has 0 saturated heterocycles. The van der Waals surface area contributed by atoms with Crippen molar-refractivity contribution in [1.82, 2.24) is 9.80 Å². The summed E-state index contributed by atoms with van der Waals surface area (Å²) in [5, 5.41) is 27.2. The monoisotopic (exact) mass is 342 g/mol. The molecule has 0 aliphatic heterocycles. The lowest BCUT2D eigenvalue weighted by molar-refractivity contribution is -0.127. The Morgan fingerprint density at radius 1 is 1.21 bits per heavy atom. The van der Waals surface area contributed by atoms with Crippen molar-refractivity contribution < 1.29 is 24.5 Å². The average molecular weight is 342 g/mol. The molecule has 0 aliphatic rings. The molecule has 9 heteroatoms. The number of ether oxygens (including phenoxy) is 1. The second-order valence-corrected chi connectivity index (χ2v) is 5.86. The highest BCUT2D eigenvalue weighted by Crippen LogP contribution is 2.12. The fourth-order valence-electron chi connectivity index (χ4n) is 1.68. The number of nitriles is 1. The second-order valence-electron chi connectivity index (χ2n) is 5.86. The van der Waals surface area contributed by atoms with Gasteiger partial charge in [0.15, 0.2) is 0 Å². The molecule has 24 heavy (non-hydrogen) atoms. The number of aliphatic hydroxyl groups is 2. The van der Waals surface area contributed by atoms with Crippen LogP contribution in [0.25, 0.3) is 0 Å². The number of aliphatic hydroxyl groups excluding tert-OH is 2. The van der Waals surface area contributed by atoms with Crippen LogP contribution in [0.15, 0.2) is 11.8 Å². The molecule has 0 heterocycles. The quantitative estimate of drug-likeness (QED) is 0.395. The Morgan fingerprint density at radius 3 is 2.12 bits per heavy atom. The Hall–Kier alpha value is -2.15. The van der Waals surface area contributed by atoms with Gasteiger partial charge in [0.1, 0.15) is 17.2 Å². The van der Waals surface area contributed by atoms with Gasteiger partial charge in [-0.25, -0.2) is 4.79 Å². The number of hydrogen-bond acceptors (Lipinski definition) is 7. The topological polar surface area (TPSA) is 140 Å². The van der Waals surface area contributed by atoms with Gasteiger partial charge in [-0.05, 0) is 20.8 Å². The summed E-state index contributed by atoms with van der Waals surface area (Å²) < 4.78 is 5.21. The Balaban J connectivity index is 5.42. The number of nitrogens with zero attached hydrogens (tertiary/aromatic N) is 3. The van der Waals surface area contributed by atoms with Crippen LogP contribution < -0.4 is 5.73 Å². The molecule has 9 nitrogen and oxygen atoms in total. The van der Waals surface area contributed by atoms with Gasteiger partial charge in [-0.15, -0.1) is 0 Å². The molecular weight excluding hydrogens is 316 g/mol. The summed E-state index contributed by atoms with van der Waals surface area (Å²) in [5.41, 5.74) is 4.39. The molecule has 4 N–H and O–H groups in total. The first-order chi connectivity index (χ1) is 11.2. The molecule has 2 amide bonds. The van der Waals surface area contributed by atoms with E-state index in [4.69, 9.17) is 20.7 Å². The van der Waals surface area contributed by atoms with E-state index in [1.807, 2.05) is 0 Å². The minimum atomic E-state index is -0.742. The zero-order valence-electron chi connectivity index (χ0n) is 14.4. The van der Waals surface area contributed by atoms with E-state index in [1.165, 1.54) is 0 Å². The summed E-state index contributed by atoms with van der Waals surface area (Å²) in [6, 6.07) is 1.72. The summed E-state index contributed by atoms with van der Waals surface area (Å²) in [5.74, 6) is -0.703. The van der Waals surface area contributed by atoms with Crippen molar-refractivity contribution in [1.29, 1.82) is 5.26 Å². The van der Waals surface area contributed by atoms with Crippen LogP contribution in [0, 0.1) is 11.3 Å². The first kappa shape index (κ1) is 21.9.